The van der Waals surface area contributed by atoms with Crippen LogP contribution in [0.1, 0.15) is 66.3 Å². The van der Waals surface area contributed by atoms with Crippen LogP contribution >= 0.6 is 0 Å². The summed E-state index contributed by atoms with van der Waals surface area (Å²) in [5.74, 6) is 2.28. The molecule has 0 bridgehead atoms. The number of piperidine rings is 1. The van der Waals surface area contributed by atoms with Gasteiger partial charge in [0.05, 0.1) is 14.2 Å². The number of methoxy groups -OCH3 is 2. The van der Waals surface area contributed by atoms with Crippen LogP contribution in [0.2, 0.25) is 0 Å². The molecule has 1 atom stereocenters. The number of anilines is 1. The molecule has 1 aliphatic heterocycles. The molecule has 0 spiro atoms. The van der Waals surface area contributed by atoms with E-state index in [1.165, 1.54) is 72.4 Å². The molecule has 1 aliphatic carbocycles. The van der Waals surface area contributed by atoms with Crippen LogP contribution in [0.25, 0.3) is 0 Å². The van der Waals surface area contributed by atoms with E-state index < -0.39 is 0 Å². The lowest BCUT2D eigenvalue weighted by molar-refractivity contribution is 0.231. The first kappa shape index (κ1) is 27.4. The number of fused-ring (bicyclic) bond motifs is 1. The minimum atomic E-state index is 0.355. The number of phenolic OH excluding ortho intramolecular Hbond substituents is 1. The fourth-order valence-corrected chi connectivity index (χ4v) is 6.36. The molecular weight excluding hydrogens is 484 g/mol. The minimum Gasteiger partial charge on any atom is -0.508 e. The van der Waals surface area contributed by atoms with Crippen molar-refractivity contribution in [3.63, 3.8) is 0 Å². The zero-order valence-electron chi connectivity index (χ0n) is 23.9. The molecule has 0 amide bonds. The molecule has 0 saturated carbocycles. The van der Waals surface area contributed by atoms with Crippen molar-refractivity contribution < 1.29 is 14.6 Å². The van der Waals surface area contributed by atoms with Gasteiger partial charge in [-0.05, 0) is 110 Å². The van der Waals surface area contributed by atoms with Crippen LogP contribution < -0.4 is 14.4 Å². The Bertz CT molecular complexity index is 1230. The average molecular weight is 529 g/mol. The van der Waals surface area contributed by atoms with Gasteiger partial charge in [0.2, 0.25) is 0 Å². The SMILES string of the molecule is CCN(Cc1ccc(CCN2CCCCC2)cc1)c1cc(OC)c(OC)cc1C1CCc2cc(O)ccc2C1. The fraction of sp³-hybridized carbons (Fsp3) is 0.471. The van der Waals surface area contributed by atoms with E-state index in [4.69, 9.17) is 9.47 Å². The number of likely N-dealkylation sites (tertiary alicyclic amines) is 1. The predicted molar refractivity (Wildman–Crippen MR) is 160 cm³/mol. The highest BCUT2D eigenvalue weighted by Gasteiger charge is 2.26. The second-order valence-corrected chi connectivity index (χ2v) is 11.1. The normalized spacial score (nSPS) is 17.5. The molecular formula is C34H44N2O3. The maximum absolute atomic E-state index is 9.95. The molecule has 1 heterocycles. The summed E-state index contributed by atoms with van der Waals surface area (Å²) in [7, 11) is 3.42. The van der Waals surface area contributed by atoms with E-state index in [-0.39, 0.29) is 0 Å². The van der Waals surface area contributed by atoms with Crippen molar-refractivity contribution in [2.75, 3.05) is 45.3 Å². The van der Waals surface area contributed by atoms with E-state index in [1.807, 2.05) is 12.1 Å². The number of rotatable bonds is 10. The standard InChI is InChI=1S/C34H44N2O3/c1-4-36(24-26-10-8-25(9-11-26)16-19-35-17-6-5-7-18-35)32-23-34(39-3)33(38-2)22-31(32)29-13-12-28-21-30(37)15-14-27(28)20-29/h8-11,14-15,21-23,29,37H,4-7,12-13,16-20,24H2,1-3H3. The van der Waals surface area contributed by atoms with Gasteiger partial charge in [0.15, 0.2) is 11.5 Å². The van der Waals surface area contributed by atoms with Crippen LogP contribution in [0.4, 0.5) is 5.69 Å². The Balaban J connectivity index is 1.36. The molecule has 1 fully saturated rings. The Labute approximate surface area is 234 Å². The van der Waals surface area contributed by atoms with Crippen molar-refractivity contribution in [2.45, 2.75) is 64.3 Å². The van der Waals surface area contributed by atoms with Crippen LogP contribution in [0.15, 0.2) is 54.6 Å². The maximum Gasteiger partial charge on any atom is 0.162 e. The molecule has 1 N–H and O–H groups in total. The lowest BCUT2D eigenvalue weighted by Gasteiger charge is -2.32. The summed E-state index contributed by atoms with van der Waals surface area (Å²) in [6.07, 6.45) is 8.18. The zero-order valence-corrected chi connectivity index (χ0v) is 23.9. The van der Waals surface area contributed by atoms with Gasteiger partial charge in [0.25, 0.3) is 0 Å². The Kier molecular flexibility index (Phi) is 8.98. The van der Waals surface area contributed by atoms with E-state index in [0.29, 0.717) is 11.7 Å². The molecule has 1 saturated heterocycles. The van der Waals surface area contributed by atoms with Crippen molar-refractivity contribution in [1.29, 1.82) is 0 Å². The minimum absolute atomic E-state index is 0.355. The van der Waals surface area contributed by atoms with E-state index in [0.717, 1.165) is 50.3 Å². The summed E-state index contributed by atoms with van der Waals surface area (Å²) in [5, 5.41) is 9.95. The van der Waals surface area contributed by atoms with Gasteiger partial charge in [-0.3, -0.25) is 0 Å². The number of aryl methyl sites for hydroxylation is 1. The lowest BCUT2D eigenvalue weighted by atomic mass is 9.79. The van der Waals surface area contributed by atoms with Gasteiger partial charge in [0.1, 0.15) is 5.75 Å². The highest BCUT2D eigenvalue weighted by molar-refractivity contribution is 5.64. The summed E-state index contributed by atoms with van der Waals surface area (Å²) in [6.45, 7) is 7.66. The molecule has 39 heavy (non-hydrogen) atoms. The summed E-state index contributed by atoms with van der Waals surface area (Å²) in [4.78, 5) is 5.08. The molecule has 3 aromatic rings. The molecule has 208 valence electrons. The number of nitrogens with zero attached hydrogens (tertiary/aromatic N) is 2. The van der Waals surface area contributed by atoms with Crippen molar-refractivity contribution >= 4 is 5.69 Å². The van der Waals surface area contributed by atoms with Crippen LogP contribution in [-0.2, 0) is 25.8 Å². The molecule has 0 radical (unpaired) electrons. The topological polar surface area (TPSA) is 45.2 Å². The van der Waals surface area contributed by atoms with Crippen molar-refractivity contribution in [3.05, 3.63) is 82.4 Å². The summed E-state index contributed by atoms with van der Waals surface area (Å²) < 4.78 is 11.5. The average Bonchev–Trinajstić information content (AvgIpc) is 2.99. The number of hydrogen-bond donors (Lipinski definition) is 1. The van der Waals surface area contributed by atoms with Gasteiger partial charge in [-0.25, -0.2) is 0 Å². The predicted octanol–water partition coefficient (Wildman–Crippen LogP) is 6.74. The number of aromatic hydroxyl groups is 1. The first-order valence-electron chi connectivity index (χ1n) is 14.7. The first-order chi connectivity index (χ1) is 19.1. The van der Waals surface area contributed by atoms with Crippen LogP contribution in [-0.4, -0.2) is 50.4 Å². The smallest absolute Gasteiger partial charge is 0.162 e. The van der Waals surface area contributed by atoms with Crippen LogP contribution in [0.3, 0.4) is 0 Å². The first-order valence-corrected chi connectivity index (χ1v) is 14.7. The van der Waals surface area contributed by atoms with E-state index >= 15 is 0 Å². The largest absolute Gasteiger partial charge is 0.508 e. The molecule has 1 unspecified atom stereocenters. The second kappa shape index (κ2) is 12.8. The molecule has 3 aromatic carbocycles. The summed E-state index contributed by atoms with van der Waals surface area (Å²) in [6, 6.07) is 19.4. The van der Waals surface area contributed by atoms with Crippen molar-refractivity contribution in [2.24, 2.45) is 0 Å². The molecule has 5 nitrogen and oxygen atoms in total. The third kappa shape index (κ3) is 6.52. The quantitative estimate of drug-likeness (QED) is 0.316. The van der Waals surface area contributed by atoms with E-state index in [9.17, 15) is 5.11 Å². The van der Waals surface area contributed by atoms with E-state index in [1.54, 1.807) is 14.2 Å². The third-order valence-electron chi connectivity index (χ3n) is 8.68. The maximum atomic E-state index is 9.95. The van der Waals surface area contributed by atoms with Crippen LogP contribution in [0.5, 0.6) is 17.2 Å². The molecule has 5 rings (SSSR count). The number of hydrogen-bond acceptors (Lipinski definition) is 5. The number of benzene rings is 3. The van der Waals surface area contributed by atoms with Gasteiger partial charge in [-0.2, -0.15) is 0 Å². The van der Waals surface area contributed by atoms with Gasteiger partial charge in [-0.1, -0.05) is 36.8 Å². The monoisotopic (exact) mass is 528 g/mol. The highest BCUT2D eigenvalue weighted by atomic mass is 16.5. The van der Waals surface area contributed by atoms with E-state index in [2.05, 4.69) is 59.2 Å². The van der Waals surface area contributed by atoms with Crippen molar-refractivity contribution in [1.82, 2.24) is 4.90 Å². The lowest BCUT2D eigenvalue weighted by Crippen LogP contribution is -2.31. The van der Waals surface area contributed by atoms with Gasteiger partial charge >= 0.3 is 0 Å². The number of phenols is 1. The Hall–Kier alpha value is -3.18. The summed E-state index contributed by atoms with van der Waals surface area (Å²) >= 11 is 0. The third-order valence-corrected chi connectivity index (χ3v) is 8.68. The Morgan fingerprint density at radius 1 is 0.872 bits per heavy atom. The highest BCUT2D eigenvalue weighted by Crippen LogP contribution is 2.43. The zero-order chi connectivity index (χ0) is 27.2. The Morgan fingerprint density at radius 2 is 1.59 bits per heavy atom. The second-order valence-electron chi connectivity index (χ2n) is 11.1. The molecule has 0 aromatic heterocycles. The number of ether oxygens (including phenoxy) is 2. The molecule has 5 heteroatoms. The Morgan fingerprint density at radius 3 is 2.31 bits per heavy atom. The van der Waals surface area contributed by atoms with Crippen LogP contribution in [0, 0.1) is 0 Å². The van der Waals surface area contributed by atoms with Gasteiger partial charge in [0, 0.05) is 31.4 Å². The fourth-order valence-electron chi connectivity index (χ4n) is 6.36. The molecule has 2 aliphatic rings. The van der Waals surface area contributed by atoms with Crippen molar-refractivity contribution in [3.8, 4) is 17.2 Å². The van der Waals surface area contributed by atoms with Gasteiger partial charge < -0.3 is 24.4 Å². The summed E-state index contributed by atoms with van der Waals surface area (Å²) in [5.41, 5.74) is 7.87. The van der Waals surface area contributed by atoms with Gasteiger partial charge in [-0.15, -0.1) is 0 Å².